The van der Waals surface area contributed by atoms with Crippen molar-refractivity contribution in [3.63, 3.8) is 0 Å². The zero-order valence-corrected chi connectivity index (χ0v) is 64.1. The van der Waals surface area contributed by atoms with E-state index in [0.717, 1.165) is 0 Å². The topological polar surface area (TPSA) is 2890 Å². The average molecular weight is 1650 g/mol. The van der Waals surface area contributed by atoms with Crippen LogP contribution in [0.2, 0.25) is 0 Å². The highest BCUT2D eigenvalue weighted by Gasteiger charge is 1.86. The smallest absolute Gasteiger partial charge is 0.344 e. The SMILES string of the molecule is N.N.N.N.N.N.N.N.N.N.N.N.N.N.N.N.N.N.N.N.N.N.N.N.N.N.N.N.N.N.N.N.N.N.N.N.N.N.N.N.N.N.N.N.N.N.N.N.N.N.N.N.N.N.N.N.N.N.N.N.N.N.N.N.N.N.N.N.N.N.N.N.N.N.O=S(=O)(O)O.O=S(=O)(O)O.O=S(=O)(O)O.O=S(=O)(O)O. The molecule has 94 heavy (non-hydrogen) atoms. The molecule has 0 aromatic heterocycles. The van der Waals surface area contributed by atoms with E-state index in [4.69, 9.17) is 70.1 Å². The summed E-state index contributed by atoms with van der Waals surface area (Å²) in [4.78, 5) is 0. The average Bonchev–Trinajstić information content (AvgIpc) is 1.62. The Morgan fingerprint density at radius 1 is 0.0745 bits per heavy atom. The van der Waals surface area contributed by atoms with E-state index in [0.29, 0.717) is 0 Å². The third kappa shape index (κ3) is 56000. The van der Waals surface area contributed by atoms with Gasteiger partial charge >= 0.3 is 41.6 Å². The van der Waals surface area contributed by atoms with Gasteiger partial charge in [-0.2, -0.15) is 33.7 Å². The van der Waals surface area contributed by atoms with Crippen LogP contribution in [0, 0.1) is 0 Å². The molecule has 0 unspecified atom stereocenters. The van der Waals surface area contributed by atoms with E-state index >= 15 is 0 Å². The lowest BCUT2D eigenvalue weighted by molar-refractivity contribution is 0.378. The normalized spacial score (nSPS) is 2.47. The summed E-state index contributed by atoms with van der Waals surface area (Å²) >= 11 is 0. The molecule has 0 rings (SSSR count). The molecular formula is H230N74O16S4. The lowest BCUT2D eigenvalue weighted by Crippen LogP contribution is -1.89. The Labute approximate surface area is 566 Å². The molecule has 0 aliphatic heterocycles. The van der Waals surface area contributed by atoms with Gasteiger partial charge in [-0.25, -0.2) is 0 Å². The van der Waals surface area contributed by atoms with E-state index in [1.165, 1.54) is 0 Å². The van der Waals surface area contributed by atoms with Crippen LogP contribution in [0.4, 0.5) is 0 Å². The van der Waals surface area contributed by atoms with Gasteiger partial charge in [-0.3, -0.25) is 36.4 Å². The van der Waals surface area contributed by atoms with E-state index in [-0.39, 0.29) is 455 Å². The van der Waals surface area contributed by atoms with Gasteiger partial charge in [0, 0.05) is 0 Å². The molecule has 94 heteroatoms. The minimum atomic E-state index is -4.67. The highest BCUT2D eigenvalue weighted by atomic mass is 32.3. The summed E-state index contributed by atoms with van der Waals surface area (Å²) in [7, 11) is -18.7. The molecule has 0 radical (unpaired) electrons. The van der Waals surface area contributed by atoms with Crippen LogP contribution in [0.15, 0.2) is 0 Å². The maximum Gasteiger partial charge on any atom is 0.394 e. The van der Waals surface area contributed by atoms with Crippen LogP contribution in [0.1, 0.15) is 0 Å². The van der Waals surface area contributed by atoms with E-state index in [2.05, 4.69) is 0 Å². The fourth-order valence-corrected chi connectivity index (χ4v) is 0. The van der Waals surface area contributed by atoms with Gasteiger partial charge in [0.1, 0.15) is 0 Å². The summed E-state index contributed by atoms with van der Waals surface area (Å²) in [6.45, 7) is 0. The second-order valence-corrected chi connectivity index (χ2v) is 5.37. The molecule has 0 heterocycles. The fourth-order valence-electron chi connectivity index (χ4n) is 0. The summed E-state index contributed by atoms with van der Waals surface area (Å²) in [5.41, 5.74) is 0. The molecule has 90 nitrogen and oxygen atoms in total. The first kappa shape index (κ1) is 4630. The summed E-state index contributed by atoms with van der Waals surface area (Å²) in [5.74, 6) is 0. The predicted molar refractivity (Wildman–Crippen MR) is 428 cm³/mol. The third-order valence-corrected chi connectivity index (χ3v) is 0. The molecule has 0 saturated carbocycles. The zero-order valence-electron chi connectivity index (χ0n) is 60.8. The largest absolute Gasteiger partial charge is 0.394 e. The monoisotopic (exact) mass is 1650 g/mol. The first-order valence-corrected chi connectivity index (χ1v) is 8.38. The molecule has 0 aromatic carbocycles. The van der Waals surface area contributed by atoms with E-state index in [1.807, 2.05) is 0 Å². The van der Waals surface area contributed by atoms with Crippen LogP contribution in [-0.2, 0) is 41.6 Å². The Balaban J connectivity index is -0.000000000378. The first-order chi connectivity index (χ1) is 8.00. The van der Waals surface area contributed by atoms with Crippen LogP contribution in [0.25, 0.3) is 0 Å². The molecule has 230 N–H and O–H groups in total. The number of hydrogen-bond donors (Lipinski definition) is 82. The molecule has 0 saturated heterocycles. The van der Waals surface area contributed by atoms with Crippen molar-refractivity contribution in [2.24, 2.45) is 0 Å². The van der Waals surface area contributed by atoms with Crippen molar-refractivity contribution in [3.05, 3.63) is 0 Å². The minimum Gasteiger partial charge on any atom is -0.344 e. The number of rotatable bonds is 0. The molecule has 720 valence electrons. The lowest BCUT2D eigenvalue weighted by Gasteiger charge is -1.68. The minimum absolute atomic E-state index is 0. The lowest BCUT2D eigenvalue weighted by atomic mass is 14.0. The van der Waals surface area contributed by atoms with Crippen molar-refractivity contribution in [2.45, 2.75) is 0 Å². The summed E-state index contributed by atoms with van der Waals surface area (Å²) in [5, 5.41) is 0. The Morgan fingerprint density at radius 2 is 0.0745 bits per heavy atom. The van der Waals surface area contributed by atoms with Gasteiger partial charge in [-0.15, -0.1) is 0 Å². The molecule has 0 amide bonds. The van der Waals surface area contributed by atoms with Crippen LogP contribution in [0.3, 0.4) is 0 Å². The van der Waals surface area contributed by atoms with Crippen LogP contribution < -0.4 is 455 Å². The molecule has 0 fully saturated rings. The highest BCUT2D eigenvalue weighted by Crippen LogP contribution is 1.60. The zero-order chi connectivity index (χ0) is 18.0. The highest BCUT2D eigenvalue weighted by molar-refractivity contribution is 7.80. The Bertz CT molecular complexity index is 537. The van der Waals surface area contributed by atoms with Gasteiger partial charge in [0.05, 0.1) is 0 Å². The standard InChI is InChI=1S/74H3N.4H2O4S/c;;;;;;;;;;;;;;;;;;;;;;;;;;;;;;;;;;;;;;;;;;;;;;;;;;;;;;;;;;;;;;;;;;;;;;;;;;4*1-5(2,3)4/h74*1H3;4*(H2,1,2,3,4). The van der Waals surface area contributed by atoms with Crippen LogP contribution >= 0.6 is 0 Å². The first-order valence-electron chi connectivity index (χ1n) is 2.79. The van der Waals surface area contributed by atoms with Crippen molar-refractivity contribution >= 4 is 41.6 Å². The maximum atomic E-state index is 8.74. The quantitative estimate of drug-likeness (QED) is 0.100. The molecule has 0 atom stereocenters. The molecular weight excluding hydrogens is 1420 g/mol. The second-order valence-electron chi connectivity index (χ2n) is 1.79. The van der Waals surface area contributed by atoms with E-state index in [1.54, 1.807) is 0 Å². The van der Waals surface area contributed by atoms with Crippen molar-refractivity contribution in [2.75, 3.05) is 0 Å². The van der Waals surface area contributed by atoms with Gasteiger partial charge < -0.3 is 455 Å². The van der Waals surface area contributed by atoms with Crippen LogP contribution in [-0.4, -0.2) is 70.1 Å². The Hall–Kier alpha value is -3.48. The van der Waals surface area contributed by atoms with E-state index < -0.39 is 41.6 Å². The predicted octanol–water partition coefficient (Wildman–Crippen LogP) is 9.38. The number of hydrogen-bond acceptors (Lipinski definition) is 82. The summed E-state index contributed by atoms with van der Waals surface area (Å²) in [6.07, 6.45) is 0. The van der Waals surface area contributed by atoms with E-state index in [9.17, 15) is 0 Å². The van der Waals surface area contributed by atoms with Crippen molar-refractivity contribution < 1.29 is 70.1 Å². The summed E-state index contributed by atoms with van der Waals surface area (Å²) in [6, 6.07) is 0. The van der Waals surface area contributed by atoms with Gasteiger partial charge in [-0.1, -0.05) is 0 Å². The Morgan fingerprint density at radius 3 is 0.0745 bits per heavy atom. The Kier molecular flexibility index (Phi) is 82000. The molecule has 0 aliphatic carbocycles. The van der Waals surface area contributed by atoms with Gasteiger partial charge in [-0.05, 0) is 0 Å². The molecule has 0 bridgehead atoms. The molecule has 0 aromatic rings. The molecule has 0 spiro atoms. The maximum absolute atomic E-state index is 8.74. The fraction of sp³-hybridized carbons (Fsp3) is 0. The summed E-state index contributed by atoms with van der Waals surface area (Å²) < 4.78 is 126. The second kappa shape index (κ2) is 1670. The van der Waals surface area contributed by atoms with Crippen molar-refractivity contribution in [1.82, 2.24) is 455 Å². The van der Waals surface area contributed by atoms with Crippen LogP contribution in [0.5, 0.6) is 0 Å². The van der Waals surface area contributed by atoms with Crippen molar-refractivity contribution in [1.29, 1.82) is 0 Å². The third-order valence-electron chi connectivity index (χ3n) is 0. The van der Waals surface area contributed by atoms with Gasteiger partial charge in [0.2, 0.25) is 0 Å². The van der Waals surface area contributed by atoms with Gasteiger partial charge in [0.15, 0.2) is 0 Å². The van der Waals surface area contributed by atoms with Gasteiger partial charge in [0.25, 0.3) is 0 Å². The molecule has 0 aliphatic rings. The van der Waals surface area contributed by atoms with Crippen molar-refractivity contribution in [3.8, 4) is 0 Å².